The van der Waals surface area contributed by atoms with Gasteiger partial charge in [-0.15, -0.1) is 0 Å². The molecule has 2 rings (SSSR count). The molecule has 1 aliphatic heterocycles. The predicted molar refractivity (Wildman–Crippen MR) is 69.1 cm³/mol. The Hall–Kier alpha value is -0.120. The molecule has 0 bridgehead atoms. The zero-order valence-corrected chi connectivity index (χ0v) is 11.3. The SMILES string of the molecule is CC(C)(C(O)CC1CCCC1)N1CCOCC1. The van der Waals surface area contributed by atoms with Gasteiger partial charge in [0.05, 0.1) is 19.3 Å². The standard InChI is InChI=1S/C14H27NO2/c1-14(2,15-7-9-17-10-8-15)13(16)11-12-5-3-4-6-12/h12-13,16H,3-11H2,1-2H3. The molecule has 100 valence electrons. The van der Waals surface area contributed by atoms with Crippen molar-refractivity contribution in [2.24, 2.45) is 5.92 Å². The van der Waals surface area contributed by atoms with E-state index < -0.39 is 0 Å². The summed E-state index contributed by atoms with van der Waals surface area (Å²) in [5, 5.41) is 10.5. The van der Waals surface area contributed by atoms with Crippen LogP contribution in [0.3, 0.4) is 0 Å². The molecule has 1 atom stereocenters. The molecule has 0 spiro atoms. The van der Waals surface area contributed by atoms with E-state index in [4.69, 9.17) is 4.74 Å². The van der Waals surface area contributed by atoms with Gasteiger partial charge in [-0.1, -0.05) is 25.7 Å². The van der Waals surface area contributed by atoms with Gasteiger partial charge in [-0.3, -0.25) is 4.90 Å². The monoisotopic (exact) mass is 241 g/mol. The van der Waals surface area contributed by atoms with Crippen molar-refractivity contribution in [2.75, 3.05) is 26.3 Å². The van der Waals surface area contributed by atoms with Crippen LogP contribution in [0.1, 0.15) is 46.0 Å². The Balaban J connectivity index is 1.88. The Bertz CT molecular complexity index is 230. The van der Waals surface area contributed by atoms with Crippen LogP contribution < -0.4 is 0 Å². The van der Waals surface area contributed by atoms with E-state index in [1.807, 2.05) is 0 Å². The summed E-state index contributed by atoms with van der Waals surface area (Å²) in [6, 6.07) is 0. The number of aliphatic hydroxyl groups excluding tert-OH is 1. The van der Waals surface area contributed by atoms with Gasteiger partial charge in [0, 0.05) is 18.6 Å². The minimum atomic E-state index is -0.205. The van der Waals surface area contributed by atoms with E-state index >= 15 is 0 Å². The molecular weight excluding hydrogens is 214 g/mol. The number of morpholine rings is 1. The van der Waals surface area contributed by atoms with E-state index in [2.05, 4.69) is 18.7 Å². The Morgan fingerprint density at radius 2 is 1.82 bits per heavy atom. The number of nitrogens with zero attached hydrogens (tertiary/aromatic N) is 1. The molecule has 0 amide bonds. The second-order valence-corrected chi connectivity index (χ2v) is 6.16. The van der Waals surface area contributed by atoms with Crippen LogP contribution in [0, 0.1) is 5.92 Å². The summed E-state index contributed by atoms with van der Waals surface area (Å²) >= 11 is 0. The summed E-state index contributed by atoms with van der Waals surface area (Å²) in [6.07, 6.45) is 6.12. The van der Waals surface area contributed by atoms with Gasteiger partial charge in [0.25, 0.3) is 0 Å². The van der Waals surface area contributed by atoms with E-state index in [1.165, 1.54) is 25.7 Å². The van der Waals surface area contributed by atoms with Gasteiger partial charge in [-0.05, 0) is 26.2 Å². The highest BCUT2D eigenvalue weighted by atomic mass is 16.5. The largest absolute Gasteiger partial charge is 0.391 e. The van der Waals surface area contributed by atoms with Crippen LogP contribution in [-0.4, -0.2) is 48.0 Å². The van der Waals surface area contributed by atoms with Gasteiger partial charge in [0.15, 0.2) is 0 Å². The van der Waals surface area contributed by atoms with E-state index in [0.717, 1.165) is 38.6 Å². The molecule has 2 fully saturated rings. The molecule has 0 aromatic heterocycles. The second-order valence-electron chi connectivity index (χ2n) is 6.16. The zero-order valence-electron chi connectivity index (χ0n) is 11.3. The lowest BCUT2D eigenvalue weighted by Crippen LogP contribution is -2.56. The molecule has 17 heavy (non-hydrogen) atoms. The molecule has 1 heterocycles. The Morgan fingerprint density at radius 1 is 1.24 bits per heavy atom. The van der Waals surface area contributed by atoms with Crippen molar-refractivity contribution in [1.82, 2.24) is 4.90 Å². The van der Waals surface area contributed by atoms with Crippen molar-refractivity contribution in [1.29, 1.82) is 0 Å². The van der Waals surface area contributed by atoms with Crippen LogP contribution in [0.4, 0.5) is 0 Å². The normalized spacial score (nSPS) is 26.3. The van der Waals surface area contributed by atoms with Crippen molar-refractivity contribution in [3.05, 3.63) is 0 Å². The van der Waals surface area contributed by atoms with Crippen LogP contribution in [0.5, 0.6) is 0 Å². The molecule has 2 aliphatic rings. The third kappa shape index (κ3) is 3.21. The van der Waals surface area contributed by atoms with Gasteiger partial charge in [0.1, 0.15) is 0 Å². The number of rotatable bonds is 4. The molecule has 0 aromatic carbocycles. The summed E-state index contributed by atoms with van der Waals surface area (Å²) in [5.41, 5.74) is -0.105. The van der Waals surface area contributed by atoms with Crippen LogP contribution in [-0.2, 0) is 4.74 Å². The lowest BCUT2D eigenvalue weighted by Gasteiger charge is -2.44. The van der Waals surface area contributed by atoms with E-state index in [-0.39, 0.29) is 11.6 Å². The van der Waals surface area contributed by atoms with Crippen molar-refractivity contribution in [3.63, 3.8) is 0 Å². The third-order valence-electron chi connectivity index (χ3n) is 4.67. The highest BCUT2D eigenvalue weighted by Gasteiger charge is 2.36. The first kappa shape index (κ1) is 13.3. The highest BCUT2D eigenvalue weighted by Crippen LogP contribution is 2.32. The molecule has 3 heteroatoms. The van der Waals surface area contributed by atoms with Crippen molar-refractivity contribution in [3.8, 4) is 0 Å². The summed E-state index contributed by atoms with van der Waals surface area (Å²) in [5.74, 6) is 0.755. The molecule has 1 unspecified atom stereocenters. The maximum atomic E-state index is 10.5. The molecule has 1 aliphatic carbocycles. The molecular formula is C14H27NO2. The molecule has 3 nitrogen and oxygen atoms in total. The Kier molecular flexibility index (Phi) is 4.45. The molecule has 1 N–H and O–H groups in total. The fraction of sp³-hybridized carbons (Fsp3) is 1.00. The third-order valence-corrected chi connectivity index (χ3v) is 4.67. The lowest BCUT2D eigenvalue weighted by atomic mass is 9.87. The van der Waals surface area contributed by atoms with E-state index in [9.17, 15) is 5.11 Å². The molecule has 1 saturated carbocycles. The Labute approximate surface area is 105 Å². The lowest BCUT2D eigenvalue weighted by molar-refractivity contribution is -0.0677. The fourth-order valence-corrected chi connectivity index (χ4v) is 3.20. The molecule has 1 saturated heterocycles. The summed E-state index contributed by atoms with van der Waals surface area (Å²) in [7, 11) is 0. The predicted octanol–water partition coefficient (Wildman–Crippen LogP) is 2.04. The van der Waals surface area contributed by atoms with Gasteiger partial charge in [0.2, 0.25) is 0 Å². The van der Waals surface area contributed by atoms with E-state index in [0.29, 0.717) is 0 Å². The number of hydrogen-bond acceptors (Lipinski definition) is 3. The van der Waals surface area contributed by atoms with Crippen molar-refractivity contribution >= 4 is 0 Å². The average Bonchev–Trinajstić information content (AvgIpc) is 2.83. The minimum Gasteiger partial charge on any atom is -0.391 e. The molecule has 0 aromatic rings. The van der Waals surface area contributed by atoms with E-state index in [1.54, 1.807) is 0 Å². The number of aliphatic hydroxyl groups is 1. The smallest absolute Gasteiger partial charge is 0.0721 e. The highest BCUT2D eigenvalue weighted by molar-refractivity contribution is 4.91. The van der Waals surface area contributed by atoms with Gasteiger partial charge in [-0.2, -0.15) is 0 Å². The minimum absolute atomic E-state index is 0.105. The van der Waals surface area contributed by atoms with Crippen LogP contribution in [0.15, 0.2) is 0 Å². The second kappa shape index (κ2) is 5.68. The Morgan fingerprint density at radius 3 is 2.41 bits per heavy atom. The number of hydrogen-bond donors (Lipinski definition) is 1. The maximum Gasteiger partial charge on any atom is 0.0721 e. The average molecular weight is 241 g/mol. The summed E-state index contributed by atoms with van der Waals surface area (Å²) in [4.78, 5) is 2.39. The fourth-order valence-electron chi connectivity index (χ4n) is 3.20. The van der Waals surface area contributed by atoms with Crippen molar-refractivity contribution in [2.45, 2.75) is 57.6 Å². The van der Waals surface area contributed by atoms with Gasteiger partial charge >= 0.3 is 0 Å². The van der Waals surface area contributed by atoms with Crippen molar-refractivity contribution < 1.29 is 9.84 Å². The van der Waals surface area contributed by atoms with Gasteiger partial charge in [-0.25, -0.2) is 0 Å². The topological polar surface area (TPSA) is 32.7 Å². The maximum absolute atomic E-state index is 10.5. The van der Waals surface area contributed by atoms with Gasteiger partial charge < -0.3 is 9.84 Å². The zero-order chi connectivity index (χ0) is 12.3. The number of ether oxygens (including phenoxy) is 1. The first-order chi connectivity index (χ1) is 8.10. The van der Waals surface area contributed by atoms with Crippen LogP contribution in [0.2, 0.25) is 0 Å². The quantitative estimate of drug-likeness (QED) is 0.817. The first-order valence-electron chi connectivity index (χ1n) is 7.11. The van der Waals surface area contributed by atoms with Crippen LogP contribution >= 0.6 is 0 Å². The summed E-state index contributed by atoms with van der Waals surface area (Å²) in [6.45, 7) is 7.87. The first-order valence-corrected chi connectivity index (χ1v) is 7.11. The summed E-state index contributed by atoms with van der Waals surface area (Å²) < 4.78 is 5.38. The molecule has 0 radical (unpaired) electrons. The van der Waals surface area contributed by atoms with Crippen LogP contribution in [0.25, 0.3) is 0 Å².